The molecule has 0 amide bonds. The Balaban J connectivity index is 1.83. The van der Waals surface area contributed by atoms with Gasteiger partial charge in [-0.1, -0.05) is 5.16 Å². The van der Waals surface area contributed by atoms with E-state index in [-0.39, 0.29) is 0 Å². The van der Waals surface area contributed by atoms with Crippen LogP contribution >= 0.6 is 27.7 Å². The summed E-state index contributed by atoms with van der Waals surface area (Å²) in [5, 5.41) is 3.75. The quantitative estimate of drug-likeness (QED) is 0.858. The van der Waals surface area contributed by atoms with E-state index < -0.39 is 0 Å². The molecule has 3 nitrogen and oxygen atoms in total. The van der Waals surface area contributed by atoms with E-state index >= 15 is 0 Å². The Bertz CT molecular complexity index is 438. The van der Waals surface area contributed by atoms with Gasteiger partial charge in [-0.15, -0.1) is 11.8 Å². The molecule has 2 rings (SSSR count). The average Bonchev–Trinajstić information content (AvgIpc) is 2.77. The second-order valence-electron chi connectivity index (χ2n) is 3.14. The molecule has 15 heavy (non-hydrogen) atoms. The van der Waals surface area contributed by atoms with Crippen LogP contribution in [0.15, 0.2) is 31.9 Å². The molecule has 0 radical (unpaired) electrons. The molecule has 5 heteroatoms. The highest BCUT2D eigenvalue weighted by molar-refractivity contribution is 9.10. The van der Waals surface area contributed by atoms with Gasteiger partial charge < -0.3 is 8.94 Å². The van der Waals surface area contributed by atoms with Gasteiger partial charge in [0, 0.05) is 6.07 Å². The third-order valence-electron chi connectivity index (χ3n) is 1.98. The lowest BCUT2D eigenvalue weighted by molar-refractivity contribution is 0.391. The van der Waals surface area contributed by atoms with E-state index in [1.165, 1.54) is 5.56 Å². The number of aromatic nitrogens is 1. The fourth-order valence-electron chi connectivity index (χ4n) is 1.15. The molecule has 0 spiro atoms. The van der Waals surface area contributed by atoms with Crippen molar-refractivity contribution in [2.75, 3.05) is 0 Å². The first-order valence-electron chi connectivity index (χ1n) is 4.47. The zero-order valence-electron chi connectivity index (χ0n) is 8.20. The molecule has 0 aliphatic heterocycles. The fourth-order valence-corrected chi connectivity index (χ4v) is 2.40. The first-order chi connectivity index (χ1) is 7.25. The predicted molar refractivity (Wildman–Crippen MR) is 62.6 cm³/mol. The molecule has 0 bridgehead atoms. The van der Waals surface area contributed by atoms with E-state index in [1.54, 1.807) is 18.0 Å². The number of hydrogen-bond donors (Lipinski definition) is 0. The Morgan fingerprint density at radius 3 is 2.93 bits per heavy atom. The smallest absolute Gasteiger partial charge is 0.149 e. The molecule has 0 saturated carbocycles. The topological polar surface area (TPSA) is 39.2 Å². The van der Waals surface area contributed by atoms with Crippen molar-refractivity contribution in [1.29, 1.82) is 0 Å². The van der Waals surface area contributed by atoms with Gasteiger partial charge in [-0.05, 0) is 34.5 Å². The lowest BCUT2D eigenvalue weighted by atomic mass is 10.3. The lowest BCUT2D eigenvalue weighted by Crippen LogP contribution is -1.81. The van der Waals surface area contributed by atoms with E-state index in [4.69, 9.17) is 8.94 Å². The molecule has 0 saturated heterocycles. The van der Waals surface area contributed by atoms with Crippen LogP contribution in [0.1, 0.15) is 17.1 Å². The van der Waals surface area contributed by atoms with Crippen LogP contribution in [0.2, 0.25) is 0 Å². The summed E-state index contributed by atoms with van der Waals surface area (Å²) in [6.07, 6.45) is 1.72. The maximum atomic E-state index is 5.33. The van der Waals surface area contributed by atoms with Crippen LogP contribution < -0.4 is 0 Å². The first-order valence-corrected chi connectivity index (χ1v) is 6.42. The lowest BCUT2D eigenvalue weighted by Gasteiger charge is -1.96. The van der Waals surface area contributed by atoms with Crippen molar-refractivity contribution < 1.29 is 8.94 Å². The van der Waals surface area contributed by atoms with E-state index in [0.717, 1.165) is 27.6 Å². The standard InChI is InChI=1S/C10H10BrNO2S/c1-7-2-3-13-9(7)6-15-5-8-4-10(11)12-14-8/h2-4H,5-6H2,1H3. The molecule has 0 unspecified atom stereocenters. The van der Waals surface area contributed by atoms with E-state index in [2.05, 4.69) is 21.1 Å². The minimum atomic E-state index is 0.743. The van der Waals surface area contributed by atoms with Gasteiger partial charge in [0.25, 0.3) is 0 Å². The third kappa shape index (κ3) is 2.89. The summed E-state index contributed by atoms with van der Waals surface area (Å²) < 4.78 is 11.1. The van der Waals surface area contributed by atoms with Gasteiger partial charge >= 0.3 is 0 Å². The Kier molecular flexibility index (Phi) is 3.53. The molecule has 0 fully saturated rings. The third-order valence-corrected chi connectivity index (χ3v) is 3.30. The number of furan rings is 1. The van der Waals surface area contributed by atoms with Crippen LogP contribution in [0.5, 0.6) is 0 Å². The maximum absolute atomic E-state index is 5.33. The minimum Gasteiger partial charge on any atom is -0.468 e. The molecule has 0 N–H and O–H groups in total. The first kappa shape index (κ1) is 10.8. The molecular weight excluding hydrogens is 278 g/mol. The minimum absolute atomic E-state index is 0.743. The average molecular weight is 288 g/mol. The SMILES string of the molecule is Cc1ccoc1CSCc1cc(Br)no1. The van der Waals surface area contributed by atoms with Crippen LogP contribution in [-0.4, -0.2) is 5.16 Å². The molecular formula is C10H10BrNO2S. The summed E-state index contributed by atoms with van der Waals surface area (Å²) >= 11 is 4.98. The van der Waals surface area contributed by atoms with Gasteiger partial charge in [-0.25, -0.2) is 0 Å². The van der Waals surface area contributed by atoms with E-state index in [0.29, 0.717) is 0 Å². The van der Waals surface area contributed by atoms with Crippen LogP contribution in [0.3, 0.4) is 0 Å². The Morgan fingerprint density at radius 2 is 2.33 bits per heavy atom. The highest BCUT2D eigenvalue weighted by Gasteiger charge is 2.05. The molecule has 2 aromatic rings. The number of thioether (sulfide) groups is 1. The Hall–Kier alpha value is -0.680. The molecule has 0 aromatic carbocycles. The predicted octanol–water partition coefficient (Wildman–Crippen LogP) is 3.77. The summed E-state index contributed by atoms with van der Waals surface area (Å²) in [6.45, 7) is 2.05. The van der Waals surface area contributed by atoms with Crippen LogP contribution in [-0.2, 0) is 11.5 Å². The van der Waals surface area contributed by atoms with Crippen LogP contribution in [0.25, 0.3) is 0 Å². The Labute approximate surface area is 100 Å². The van der Waals surface area contributed by atoms with Crippen molar-refractivity contribution in [2.45, 2.75) is 18.4 Å². The zero-order valence-corrected chi connectivity index (χ0v) is 10.6. The Morgan fingerprint density at radius 1 is 1.47 bits per heavy atom. The summed E-state index contributed by atoms with van der Waals surface area (Å²) in [4.78, 5) is 0. The summed E-state index contributed by atoms with van der Waals surface area (Å²) in [5.74, 6) is 3.56. The van der Waals surface area contributed by atoms with Crippen molar-refractivity contribution in [1.82, 2.24) is 5.16 Å². The van der Waals surface area contributed by atoms with Crippen molar-refractivity contribution >= 4 is 27.7 Å². The van der Waals surface area contributed by atoms with Crippen LogP contribution in [0, 0.1) is 6.92 Å². The van der Waals surface area contributed by atoms with Gasteiger partial charge in [0.05, 0.1) is 17.8 Å². The molecule has 80 valence electrons. The van der Waals surface area contributed by atoms with Gasteiger partial charge in [0.1, 0.15) is 16.1 Å². The second kappa shape index (κ2) is 4.90. The number of rotatable bonds is 4. The summed E-state index contributed by atoms with van der Waals surface area (Å²) in [7, 11) is 0. The number of hydrogen-bond acceptors (Lipinski definition) is 4. The van der Waals surface area contributed by atoms with Gasteiger partial charge in [-0.3, -0.25) is 0 Å². The maximum Gasteiger partial charge on any atom is 0.149 e. The van der Waals surface area contributed by atoms with Crippen LogP contribution in [0.4, 0.5) is 0 Å². The monoisotopic (exact) mass is 287 g/mol. The van der Waals surface area contributed by atoms with Crippen molar-refractivity contribution in [3.8, 4) is 0 Å². The number of halogens is 1. The molecule has 0 atom stereocenters. The van der Waals surface area contributed by atoms with Gasteiger partial charge in [0.15, 0.2) is 0 Å². The van der Waals surface area contributed by atoms with Crippen molar-refractivity contribution in [3.63, 3.8) is 0 Å². The fraction of sp³-hybridized carbons (Fsp3) is 0.300. The van der Waals surface area contributed by atoms with Gasteiger partial charge in [-0.2, -0.15) is 0 Å². The van der Waals surface area contributed by atoms with Gasteiger partial charge in [0.2, 0.25) is 0 Å². The zero-order chi connectivity index (χ0) is 10.7. The largest absolute Gasteiger partial charge is 0.468 e. The molecule has 0 aliphatic carbocycles. The highest BCUT2D eigenvalue weighted by Crippen LogP contribution is 2.21. The van der Waals surface area contributed by atoms with E-state index in [9.17, 15) is 0 Å². The normalized spacial score (nSPS) is 10.8. The summed E-state index contributed by atoms with van der Waals surface area (Å²) in [6, 6.07) is 3.85. The second-order valence-corrected chi connectivity index (χ2v) is 4.93. The van der Waals surface area contributed by atoms with Crippen molar-refractivity contribution in [3.05, 3.63) is 40.1 Å². The highest BCUT2D eigenvalue weighted by atomic mass is 79.9. The molecule has 2 heterocycles. The number of aryl methyl sites for hydroxylation is 1. The summed E-state index contributed by atoms with van der Waals surface area (Å²) in [5.41, 5.74) is 1.20. The van der Waals surface area contributed by atoms with Crippen molar-refractivity contribution in [2.24, 2.45) is 0 Å². The molecule has 0 aliphatic rings. The number of nitrogens with zero attached hydrogens (tertiary/aromatic N) is 1. The molecule has 2 aromatic heterocycles. The van der Waals surface area contributed by atoms with E-state index in [1.807, 2.05) is 19.1 Å².